The zero-order chi connectivity index (χ0) is 17.8. The highest BCUT2D eigenvalue weighted by molar-refractivity contribution is 4.91. The maximum atomic E-state index is 6.55. The molecule has 0 saturated heterocycles. The average Bonchev–Trinajstić information content (AvgIpc) is 2.53. The number of methoxy groups -OCH3 is 2. The Labute approximate surface area is 156 Å². The van der Waals surface area contributed by atoms with Crippen LogP contribution in [-0.4, -0.2) is 40.1 Å². The smallest absolute Gasteiger partial charge is 0.0575 e. The average molecular weight is 355 g/mol. The Kier molecular flexibility index (Phi) is 10.4. The summed E-state index contributed by atoms with van der Waals surface area (Å²) in [7, 11) is 3.64. The van der Waals surface area contributed by atoms with E-state index in [0.717, 1.165) is 19.8 Å². The minimum absolute atomic E-state index is 0.0609. The molecule has 0 heterocycles. The number of hydrogen-bond acceptors (Lipinski definition) is 3. The fraction of sp³-hybridized carbons (Fsp3) is 1.00. The fourth-order valence-corrected chi connectivity index (χ4v) is 4.65. The van der Waals surface area contributed by atoms with E-state index < -0.39 is 0 Å². The maximum absolute atomic E-state index is 6.55. The second kappa shape index (κ2) is 12.3. The van der Waals surface area contributed by atoms with Gasteiger partial charge in [0.1, 0.15) is 0 Å². The molecule has 0 bridgehead atoms. The minimum atomic E-state index is 0.0609. The van der Waals surface area contributed by atoms with Crippen LogP contribution in [0.25, 0.3) is 0 Å². The van der Waals surface area contributed by atoms with Gasteiger partial charge >= 0.3 is 0 Å². The van der Waals surface area contributed by atoms with Crippen molar-refractivity contribution in [3.05, 3.63) is 0 Å². The molecule has 0 aromatic rings. The monoisotopic (exact) mass is 354 g/mol. The van der Waals surface area contributed by atoms with Gasteiger partial charge in [-0.05, 0) is 31.6 Å². The van der Waals surface area contributed by atoms with Crippen LogP contribution in [0, 0.1) is 11.3 Å². The highest BCUT2D eigenvalue weighted by Crippen LogP contribution is 2.43. The molecule has 2 aliphatic carbocycles. The Hall–Kier alpha value is -0.120. The lowest BCUT2D eigenvalue weighted by Gasteiger charge is -2.45. The predicted octanol–water partition coefficient (Wildman–Crippen LogP) is 5.76. The first-order chi connectivity index (χ1) is 12.3. The van der Waals surface area contributed by atoms with Crippen molar-refractivity contribution >= 4 is 0 Å². The Balaban J connectivity index is 1.87. The maximum Gasteiger partial charge on any atom is 0.0575 e. The van der Waals surface area contributed by atoms with E-state index in [0.29, 0.717) is 12.0 Å². The molecule has 0 N–H and O–H groups in total. The first kappa shape index (κ1) is 21.2. The van der Waals surface area contributed by atoms with Gasteiger partial charge in [0.05, 0.1) is 25.9 Å². The van der Waals surface area contributed by atoms with Gasteiger partial charge in [-0.2, -0.15) is 0 Å². The van der Waals surface area contributed by atoms with Crippen molar-refractivity contribution in [2.45, 2.75) is 96.0 Å². The number of ether oxygens (including phenoxy) is 3. The molecule has 2 fully saturated rings. The third-order valence-corrected chi connectivity index (χ3v) is 6.49. The van der Waals surface area contributed by atoms with E-state index in [1.165, 1.54) is 89.9 Å². The third kappa shape index (κ3) is 7.19. The molecule has 0 atom stereocenters. The topological polar surface area (TPSA) is 27.7 Å². The standard InChI is InChI=1S/C22H42O3/c1-23-17-22(18-24-2,20-13-12-14-20)19-25-21-15-10-8-6-4-3-5-7-9-11-16-21/h20-21H,3-19H2,1-2H3. The van der Waals surface area contributed by atoms with E-state index in [9.17, 15) is 0 Å². The van der Waals surface area contributed by atoms with Gasteiger partial charge in [0.25, 0.3) is 0 Å². The Morgan fingerprint density at radius 2 is 1.08 bits per heavy atom. The van der Waals surface area contributed by atoms with Crippen LogP contribution in [0.15, 0.2) is 0 Å². The van der Waals surface area contributed by atoms with Crippen LogP contribution in [0.4, 0.5) is 0 Å². The van der Waals surface area contributed by atoms with Gasteiger partial charge < -0.3 is 14.2 Å². The summed E-state index contributed by atoms with van der Waals surface area (Å²) in [6.45, 7) is 2.33. The lowest BCUT2D eigenvalue weighted by molar-refractivity contribution is -0.119. The van der Waals surface area contributed by atoms with Crippen LogP contribution >= 0.6 is 0 Å². The Morgan fingerprint density at radius 3 is 1.48 bits per heavy atom. The molecule has 0 spiro atoms. The summed E-state index contributed by atoms with van der Waals surface area (Å²) in [4.78, 5) is 0. The number of rotatable bonds is 8. The molecule has 148 valence electrons. The summed E-state index contributed by atoms with van der Waals surface area (Å²) >= 11 is 0. The van der Waals surface area contributed by atoms with Crippen LogP contribution in [0.5, 0.6) is 0 Å². The summed E-state index contributed by atoms with van der Waals surface area (Å²) in [5.74, 6) is 0.707. The molecule has 0 radical (unpaired) electrons. The second-order valence-electron chi connectivity index (χ2n) is 8.55. The normalized spacial score (nSPS) is 22.8. The Morgan fingerprint density at radius 1 is 0.600 bits per heavy atom. The summed E-state index contributed by atoms with van der Waals surface area (Å²) in [6.07, 6.45) is 19.4. The quantitative estimate of drug-likeness (QED) is 0.555. The van der Waals surface area contributed by atoms with Gasteiger partial charge in [-0.25, -0.2) is 0 Å². The zero-order valence-corrected chi connectivity index (χ0v) is 16.9. The van der Waals surface area contributed by atoms with Gasteiger partial charge in [-0.15, -0.1) is 0 Å². The molecule has 0 amide bonds. The first-order valence-electron chi connectivity index (χ1n) is 10.9. The van der Waals surface area contributed by atoms with Crippen molar-refractivity contribution in [3.8, 4) is 0 Å². The van der Waals surface area contributed by atoms with Crippen molar-refractivity contribution in [1.82, 2.24) is 0 Å². The molecular formula is C22H42O3. The third-order valence-electron chi connectivity index (χ3n) is 6.49. The van der Waals surface area contributed by atoms with E-state index in [2.05, 4.69) is 0 Å². The van der Waals surface area contributed by atoms with Gasteiger partial charge in [0, 0.05) is 19.6 Å². The van der Waals surface area contributed by atoms with E-state index >= 15 is 0 Å². The largest absolute Gasteiger partial charge is 0.384 e. The molecule has 0 aromatic carbocycles. The second-order valence-corrected chi connectivity index (χ2v) is 8.55. The molecule has 25 heavy (non-hydrogen) atoms. The summed E-state index contributed by atoms with van der Waals surface area (Å²) in [5.41, 5.74) is 0.0609. The minimum Gasteiger partial charge on any atom is -0.384 e. The van der Waals surface area contributed by atoms with Gasteiger partial charge in [0.2, 0.25) is 0 Å². The predicted molar refractivity (Wildman–Crippen MR) is 104 cm³/mol. The van der Waals surface area contributed by atoms with Crippen LogP contribution in [-0.2, 0) is 14.2 Å². The van der Waals surface area contributed by atoms with E-state index in [1.807, 2.05) is 14.2 Å². The van der Waals surface area contributed by atoms with Crippen LogP contribution in [0.1, 0.15) is 89.9 Å². The van der Waals surface area contributed by atoms with Crippen molar-refractivity contribution in [2.75, 3.05) is 34.0 Å². The summed E-state index contributed by atoms with van der Waals surface area (Å²) in [6, 6.07) is 0. The molecule has 3 heteroatoms. The lowest BCUT2D eigenvalue weighted by Crippen LogP contribution is -2.47. The highest BCUT2D eigenvalue weighted by atomic mass is 16.5. The van der Waals surface area contributed by atoms with Gasteiger partial charge in [0.15, 0.2) is 0 Å². The van der Waals surface area contributed by atoms with Gasteiger partial charge in [-0.1, -0.05) is 64.2 Å². The summed E-state index contributed by atoms with van der Waals surface area (Å²) < 4.78 is 17.8. The lowest BCUT2D eigenvalue weighted by atomic mass is 9.66. The van der Waals surface area contributed by atoms with Crippen LogP contribution < -0.4 is 0 Å². The van der Waals surface area contributed by atoms with Crippen molar-refractivity contribution in [3.63, 3.8) is 0 Å². The van der Waals surface area contributed by atoms with Crippen LogP contribution in [0.2, 0.25) is 0 Å². The molecule has 2 saturated carbocycles. The molecule has 0 aliphatic heterocycles. The van der Waals surface area contributed by atoms with Crippen molar-refractivity contribution in [1.29, 1.82) is 0 Å². The Bertz CT molecular complexity index is 309. The molecular weight excluding hydrogens is 312 g/mol. The van der Waals surface area contributed by atoms with E-state index in [4.69, 9.17) is 14.2 Å². The highest BCUT2D eigenvalue weighted by Gasteiger charge is 2.43. The molecule has 2 aliphatic rings. The van der Waals surface area contributed by atoms with Crippen molar-refractivity contribution in [2.24, 2.45) is 11.3 Å². The molecule has 0 aromatic heterocycles. The van der Waals surface area contributed by atoms with E-state index in [-0.39, 0.29) is 5.41 Å². The van der Waals surface area contributed by atoms with Crippen molar-refractivity contribution < 1.29 is 14.2 Å². The SMILES string of the molecule is COCC(COC)(COC1CCCCCCCCCCC1)C1CCC1. The molecule has 3 nitrogen and oxygen atoms in total. The first-order valence-corrected chi connectivity index (χ1v) is 10.9. The van der Waals surface area contributed by atoms with Crippen LogP contribution in [0.3, 0.4) is 0 Å². The molecule has 2 rings (SSSR count). The zero-order valence-electron chi connectivity index (χ0n) is 16.9. The van der Waals surface area contributed by atoms with E-state index in [1.54, 1.807) is 0 Å². The molecule has 0 unspecified atom stereocenters. The summed E-state index contributed by atoms with van der Waals surface area (Å²) in [5, 5.41) is 0. The number of hydrogen-bond donors (Lipinski definition) is 0. The van der Waals surface area contributed by atoms with Gasteiger partial charge in [-0.3, -0.25) is 0 Å². The fourth-order valence-electron chi connectivity index (χ4n) is 4.65.